The fourth-order valence-electron chi connectivity index (χ4n) is 2.87. The standard InChI is InChI=1S/C19H16Cl2N4O3/c1-11-18(22-19(26)13-6-3-4-9-17(13)25(27)28)12(2)24(23-11)10-14-15(20)7-5-8-16(14)21/h3-9H,10H2,1-2H3,(H,22,26). The van der Waals surface area contributed by atoms with Gasteiger partial charge in [0.05, 0.1) is 28.5 Å². The van der Waals surface area contributed by atoms with E-state index in [-0.39, 0.29) is 11.3 Å². The minimum atomic E-state index is -0.586. The second-order valence-electron chi connectivity index (χ2n) is 6.13. The zero-order chi connectivity index (χ0) is 20.4. The molecule has 9 heteroatoms. The summed E-state index contributed by atoms with van der Waals surface area (Å²) in [7, 11) is 0. The fraction of sp³-hybridized carbons (Fsp3) is 0.158. The summed E-state index contributed by atoms with van der Waals surface area (Å²) in [6.07, 6.45) is 0. The van der Waals surface area contributed by atoms with Gasteiger partial charge in [0.15, 0.2) is 0 Å². The van der Waals surface area contributed by atoms with Crippen LogP contribution in [0.1, 0.15) is 27.3 Å². The van der Waals surface area contributed by atoms with Gasteiger partial charge in [-0.15, -0.1) is 0 Å². The van der Waals surface area contributed by atoms with Crippen LogP contribution in [0.5, 0.6) is 0 Å². The molecule has 0 fully saturated rings. The highest BCUT2D eigenvalue weighted by molar-refractivity contribution is 6.36. The third-order valence-electron chi connectivity index (χ3n) is 4.33. The minimum absolute atomic E-state index is 0.0202. The van der Waals surface area contributed by atoms with Crippen LogP contribution in [0.2, 0.25) is 10.0 Å². The van der Waals surface area contributed by atoms with Crippen LogP contribution < -0.4 is 5.32 Å². The zero-order valence-electron chi connectivity index (χ0n) is 15.1. The second-order valence-corrected chi connectivity index (χ2v) is 6.95. The van der Waals surface area contributed by atoms with E-state index in [1.165, 1.54) is 18.2 Å². The monoisotopic (exact) mass is 418 g/mol. The number of nitrogens with one attached hydrogen (secondary N) is 1. The number of aromatic nitrogens is 2. The van der Waals surface area contributed by atoms with E-state index in [0.29, 0.717) is 39.2 Å². The molecule has 7 nitrogen and oxygen atoms in total. The summed E-state index contributed by atoms with van der Waals surface area (Å²) in [5.41, 5.74) is 2.19. The average Bonchev–Trinajstić information content (AvgIpc) is 2.92. The highest BCUT2D eigenvalue weighted by Gasteiger charge is 2.22. The van der Waals surface area contributed by atoms with Crippen molar-refractivity contribution in [3.05, 3.63) is 85.1 Å². The molecule has 0 aliphatic rings. The average molecular weight is 419 g/mol. The molecule has 0 radical (unpaired) electrons. The summed E-state index contributed by atoms with van der Waals surface area (Å²) in [4.78, 5) is 23.2. The molecule has 0 bridgehead atoms. The van der Waals surface area contributed by atoms with Crippen molar-refractivity contribution in [3.8, 4) is 0 Å². The lowest BCUT2D eigenvalue weighted by Gasteiger charge is -2.10. The van der Waals surface area contributed by atoms with Crippen LogP contribution in [0, 0.1) is 24.0 Å². The number of nitro groups is 1. The lowest BCUT2D eigenvalue weighted by Crippen LogP contribution is -2.15. The molecule has 0 aliphatic carbocycles. The van der Waals surface area contributed by atoms with E-state index >= 15 is 0 Å². The molecule has 0 unspecified atom stereocenters. The third kappa shape index (κ3) is 3.85. The maximum absolute atomic E-state index is 12.6. The quantitative estimate of drug-likeness (QED) is 0.465. The van der Waals surface area contributed by atoms with Crippen molar-refractivity contribution in [1.29, 1.82) is 0 Å². The predicted octanol–water partition coefficient (Wildman–Crippen LogP) is 5.02. The molecule has 28 heavy (non-hydrogen) atoms. The molecule has 1 aromatic heterocycles. The Balaban J connectivity index is 1.91. The van der Waals surface area contributed by atoms with Gasteiger partial charge in [0.2, 0.25) is 0 Å². The molecule has 0 saturated carbocycles. The van der Waals surface area contributed by atoms with Crippen LogP contribution in [0.25, 0.3) is 0 Å². The van der Waals surface area contributed by atoms with Crippen LogP contribution in [0.15, 0.2) is 42.5 Å². The number of carbonyl (C=O) groups is 1. The molecule has 1 N–H and O–H groups in total. The molecule has 1 amide bonds. The highest BCUT2D eigenvalue weighted by Crippen LogP contribution is 2.28. The molecule has 0 saturated heterocycles. The van der Waals surface area contributed by atoms with Crippen molar-refractivity contribution in [2.75, 3.05) is 5.32 Å². The number of anilines is 1. The number of nitro benzene ring substituents is 1. The van der Waals surface area contributed by atoms with E-state index in [1.807, 2.05) is 0 Å². The van der Waals surface area contributed by atoms with Gasteiger partial charge in [-0.05, 0) is 32.0 Å². The van der Waals surface area contributed by atoms with Gasteiger partial charge in [-0.25, -0.2) is 0 Å². The summed E-state index contributed by atoms with van der Waals surface area (Å²) < 4.78 is 1.68. The van der Waals surface area contributed by atoms with Gasteiger partial charge in [0, 0.05) is 21.7 Å². The molecular weight excluding hydrogens is 403 g/mol. The van der Waals surface area contributed by atoms with Crippen molar-refractivity contribution < 1.29 is 9.72 Å². The number of para-hydroxylation sites is 1. The van der Waals surface area contributed by atoms with Gasteiger partial charge in [0.25, 0.3) is 11.6 Å². The zero-order valence-corrected chi connectivity index (χ0v) is 16.6. The van der Waals surface area contributed by atoms with Gasteiger partial charge in [-0.2, -0.15) is 5.10 Å². The van der Waals surface area contributed by atoms with Crippen LogP contribution >= 0.6 is 23.2 Å². The summed E-state index contributed by atoms with van der Waals surface area (Å²) in [5.74, 6) is -0.575. The smallest absolute Gasteiger partial charge is 0.282 e. The van der Waals surface area contributed by atoms with Gasteiger partial charge in [0.1, 0.15) is 5.56 Å². The number of hydrogen-bond donors (Lipinski definition) is 1. The number of amides is 1. The van der Waals surface area contributed by atoms with E-state index in [1.54, 1.807) is 42.8 Å². The molecule has 2 aromatic carbocycles. The Morgan fingerprint density at radius 2 is 1.79 bits per heavy atom. The maximum Gasteiger partial charge on any atom is 0.282 e. The van der Waals surface area contributed by atoms with E-state index in [0.717, 1.165) is 0 Å². The molecule has 144 valence electrons. The Morgan fingerprint density at radius 3 is 2.43 bits per heavy atom. The number of carbonyl (C=O) groups excluding carboxylic acids is 1. The second kappa shape index (κ2) is 8.00. The van der Waals surface area contributed by atoms with Crippen LogP contribution in [0.3, 0.4) is 0 Å². The fourth-order valence-corrected chi connectivity index (χ4v) is 3.39. The lowest BCUT2D eigenvalue weighted by molar-refractivity contribution is -0.385. The Labute approximate surface area is 171 Å². The van der Waals surface area contributed by atoms with Gasteiger partial charge >= 0.3 is 0 Å². The Kier molecular flexibility index (Phi) is 5.67. The van der Waals surface area contributed by atoms with Crippen LogP contribution in [-0.4, -0.2) is 20.6 Å². The van der Waals surface area contributed by atoms with Crippen LogP contribution in [0.4, 0.5) is 11.4 Å². The number of hydrogen-bond acceptors (Lipinski definition) is 4. The first kappa shape index (κ1) is 19.9. The van der Waals surface area contributed by atoms with E-state index < -0.39 is 10.8 Å². The predicted molar refractivity (Wildman–Crippen MR) is 108 cm³/mol. The first-order valence-corrected chi connectivity index (χ1v) is 9.07. The topological polar surface area (TPSA) is 90.1 Å². The summed E-state index contributed by atoms with van der Waals surface area (Å²) in [6, 6.07) is 11.0. The molecule has 1 heterocycles. The van der Waals surface area contributed by atoms with Crippen LogP contribution in [-0.2, 0) is 6.54 Å². The molecular formula is C19H16Cl2N4O3. The number of rotatable bonds is 5. The summed E-state index contributed by atoms with van der Waals surface area (Å²) in [6.45, 7) is 3.86. The van der Waals surface area contributed by atoms with Gasteiger partial charge < -0.3 is 5.32 Å². The van der Waals surface area contributed by atoms with Gasteiger partial charge in [-0.1, -0.05) is 41.4 Å². The van der Waals surface area contributed by atoms with E-state index in [4.69, 9.17) is 23.2 Å². The maximum atomic E-state index is 12.6. The van der Waals surface area contributed by atoms with Crippen molar-refractivity contribution in [1.82, 2.24) is 9.78 Å². The molecule has 0 atom stereocenters. The largest absolute Gasteiger partial charge is 0.319 e. The Bertz CT molecular complexity index is 1060. The first-order chi connectivity index (χ1) is 13.3. The molecule has 3 rings (SSSR count). The molecule has 0 spiro atoms. The molecule has 0 aliphatic heterocycles. The SMILES string of the molecule is Cc1nn(Cc2c(Cl)cccc2Cl)c(C)c1NC(=O)c1ccccc1[N+](=O)[O-]. The Hall–Kier alpha value is -2.90. The molecule has 3 aromatic rings. The van der Waals surface area contributed by atoms with E-state index in [2.05, 4.69) is 10.4 Å². The van der Waals surface area contributed by atoms with Crippen molar-refractivity contribution >= 4 is 40.5 Å². The Morgan fingerprint density at radius 1 is 1.14 bits per heavy atom. The minimum Gasteiger partial charge on any atom is -0.319 e. The van der Waals surface area contributed by atoms with E-state index in [9.17, 15) is 14.9 Å². The highest BCUT2D eigenvalue weighted by atomic mass is 35.5. The van der Waals surface area contributed by atoms with Gasteiger partial charge in [-0.3, -0.25) is 19.6 Å². The summed E-state index contributed by atoms with van der Waals surface area (Å²) >= 11 is 12.5. The normalized spacial score (nSPS) is 10.7. The number of halogens is 2. The number of aryl methyl sites for hydroxylation is 1. The summed E-state index contributed by atoms with van der Waals surface area (Å²) in [5, 5.41) is 19.4. The van der Waals surface area contributed by atoms with Crippen molar-refractivity contribution in [3.63, 3.8) is 0 Å². The van der Waals surface area contributed by atoms with Crippen molar-refractivity contribution in [2.45, 2.75) is 20.4 Å². The number of benzene rings is 2. The third-order valence-corrected chi connectivity index (χ3v) is 5.04. The number of nitrogens with zero attached hydrogens (tertiary/aromatic N) is 3. The first-order valence-electron chi connectivity index (χ1n) is 8.31. The van der Waals surface area contributed by atoms with Crippen molar-refractivity contribution in [2.24, 2.45) is 0 Å². The lowest BCUT2D eigenvalue weighted by atomic mass is 10.1.